The molecule has 1 aliphatic heterocycles. The summed E-state index contributed by atoms with van der Waals surface area (Å²) in [6, 6.07) is 0.882. The molecule has 1 aromatic heterocycles. The maximum atomic E-state index is 4.47. The number of nitrogens with zero attached hydrogens (tertiary/aromatic N) is 6. The Morgan fingerprint density at radius 2 is 1.96 bits per heavy atom. The molecular formula is C18H32N6. The van der Waals surface area contributed by atoms with E-state index in [1.807, 2.05) is 6.08 Å². The average Bonchev–Trinajstić information content (AvgIpc) is 3.28. The molecule has 1 aliphatic carbocycles. The van der Waals surface area contributed by atoms with Crippen molar-refractivity contribution < 1.29 is 0 Å². The molecule has 2 aliphatic rings. The molecule has 6 heteroatoms. The summed E-state index contributed by atoms with van der Waals surface area (Å²) in [5.41, 5.74) is 0. The van der Waals surface area contributed by atoms with Crippen molar-refractivity contribution in [1.29, 1.82) is 0 Å². The largest absolute Gasteiger partial charge is 0.297 e. The van der Waals surface area contributed by atoms with Crippen molar-refractivity contribution in [3.05, 3.63) is 18.5 Å². The Morgan fingerprint density at radius 1 is 1.21 bits per heavy atom. The molecule has 134 valence electrons. The smallest absolute Gasteiger partial charge is 0.168 e. The number of piperazine rings is 1. The third kappa shape index (κ3) is 4.03. The highest BCUT2D eigenvalue weighted by Crippen LogP contribution is 2.33. The standard InChI is InChI=1S/C18H32N6/c1-3-5-10-17(23-14-12-22(11-4-2)13-15-23)18-19-20-21-24(18)16-8-6-7-9-16/h4,16-17H,2-3,5-15H2,1H3. The highest BCUT2D eigenvalue weighted by atomic mass is 15.6. The normalized spacial score (nSPS) is 22.0. The predicted molar refractivity (Wildman–Crippen MR) is 95.8 cm³/mol. The SMILES string of the molecule is C=CCN1CCN(C(CCCC)c2nnnn2C2CCCC2)CC1. The summed E-state index contributed by atoms with van der Waals surface area (Å²) in [5.74, 6) is 1.10. The Balaban J connectivity index is 1.72. The van der Waals surface area contributed by atoms with E-state index in [1.165, 1.54) is 38.5 Å². The lowest BCUT2D eigenvalue weighted by atomic mass is 10.1. The van der Waals surface area contributed by atoms with E-state index in [0.717, 1.165) is 45.0 Å². The summed E-state index contributed by atoms with van der Waals surface area (Å²) in [6.07, 6.45) is 10.7. The molecule has 0 spiro atoms. The van der Waals surface area contributed by atoms with Crippen LogP contribution in [0.15, 0.2) is 12.7 Å². The van der Waals surface area contributed by atoms with Gasteiger partial charge in [0.25, 0.3) is 0 Å². The van der Waals surface area contributed by atoms with Crippen LogP contribution in [0.2, 0.25) is 0 Å². The monoisotopic (exact) mass is 332 g/mol. The van der Waals surface area contributed by atoms with Gasteiger partial charge in [-0.1, -0.05) is 38.7 Å². The van der Waals surface area contributed by atoms with Crippen LogP contribution in [0.3, 0.4) is 0 Å². The summed E-state index contributed by atoms with van der Waals surface area (Å²) in [7, 11) is 0. The van der Waals surface area contributed by atoms with Gasteiger partial charge in [0, 0.05) is 32.7 Å². The van der Waals surface area contributed by atoms with Crippen LogP contribution in [-0.4, -0.2) is 62.7 Å². The van der Waals surface area contributed by atoms with E-state index in [9.17, 15) is 0 Å². The highest BCUT2D eigenvalue weighted by molar-refractivity contribution is 4.97. The van der Waals surface area contributed by atoms with Crippen molar-refractivity contribution in [2.24, 2.45) is 0 Å². The molecule has 1 aromatic rings. The van der Waals surface area contributed by atoms with Gasteiger partial charge in [0.1, 0.15) is 0 Å². The zero-order valence-electron chi connectivity index (χ0n) is 15.1. The maximum absolute atomic E-state index is 4.47. The Hall–Kier alpha value is -1.27. The van der Waals surface area contributed by atoms with Crippen LogP contribution >= 0.6 is 0 Å². The van der Waals surface area contributed by atoms with Gasteiger partial charge in [-0.2, -0.15) is 0 Å². The van der Waals surface area contributed by atoms with Crippen LogP contribution in [0.1, 0.15) is 69.8 Å². The van der Waals surface area contributed by atoms with Crippen LogP contribution < -0.4 is 0 Å². The fraction of sp³-hybridized carbons (Fsp3) is 0.833. The second-order valence-electron chi connectivity index (χ2n) is 7.20. The lowest BCUT2D eigenvalue weighted by molar-refractivity contribution is 0.0903. The number of hydrogen-bond acceptors (Lipinski definition) is 5. The zero-order valence-corrected chi connectivity index (χ0v) is 15.1. The molecule has 0 N–H and O–H groups in total. The van der Waals surface area contributed by atoms with E-state index < -0.39 is 0 Å². The number of unbranched alkanes of at least 4 members (excludes halogenated alkanes) is 1. The molecule has 0 bridgehead atoms. The molecule has 2 heterocycles. The minimum Gasteiger partial charge on any atom is -0.297 e. The second kappa shape index (κ2) is 8.72. The van der Waals surface area contributed by atoms with Gasteiger partial charge in [-0.05, 0) is 29.7 Å². The van der Waals surface area contributed by atoms with Crippen LogP contribution in [0.5, 0.6) is 0 Å². The van der Waals surface area contributed by atoms with Crippen molar-refractivity contribution in [3.63, 3.8) is 0 Å². The molecule has 0 amide bonds. The van der Waals surface area contributed by atoms with E-state index >= 15 is 0 Å². The van der Waals surface area contributed by atoms with Crippen molar-refractivity contribution in [2.45, 2.75) is 64.0 Å². The first kappa shape index (κ1) is 17.5. The second-order valence-corrected chi connectivity index (χ2v) is 7.20. The van der Waals surface area contributed by atoms with E-state index in [1.54, 1.807) is 0 Å². The molecule has 2 fully saturated rings. The fourth-order valence-corrected chi connectivity index (χ4v) is 4.14. The summed E-state index contributed by atoms with van der Waals surface area (Å²) >= 11 is 0. The predicted octanol–water partition coefficient (Wildman–Crippen LogP) is 2.82. The number of hydrogen-bond donors (Lipinski definition) is 0. The molecule has 1 unspecified atom stereocenters. The van der Waals surface area contributed by atoms with Gasteiger partial charge >= 0.3 is 0 Å². The molecular weight excluding hydrogens is 300 g/mol. The quantitative estimate of drug-likeness (QED) is 0.685. The van der Waals surface area contributed by atoms with E-state index in [4.69, 9.17) is 0 Å². The minimum absolute atomic E-state index is 0.367. The molecule has 1 saturated carbocycles. The fourth-order valence-electron chi connectivity index (χ4n) is 4.14. The van der Waals surface area contributed by atoms with Gasteiger partial charge < -0.3 is 0 Å². The van der Waals surface area contributed by atoms with Gasteiger partial charge in [-0.3, -0.25) is 9.80 Å². The van der Waals surface area contributed by atoms with Crippen LogP contribution in [0.4, 0.5) is 0 Å². The third-order valence-electron chi connectivity index (χ3n) is 5.55. The first-order valence-electron chi connectivity index (χ1n) is 9.68. The molecule has 6 nitrogen and oxygen atoms in total. The molecule has 0 radical (unpaired) electrons. The average molecular weight is 332 g/mol. The number of aromatic nitrogens is 4. The minimum atomic E-state index is 0.367. The van der Waals surface area contributed by atoms with Crippen LogP contribution in [0.25, 0.3) is 0 Å². The zero-order chi connectivity index (χ0) is 16.8. The first-order valence-corrected chi connectivity index (χ1v) is 9.68. The topological polar surface area (TPSA) is 50.1 Å². The van der Waals surface area contributed by atoms with Crippen molar-refractivity contribution in [1.82, 2.24) is 30.0 Å². The maximum Gasteiger partial charge on any atom is 0.168 e. The molecule has 1 atom stereocenters. The summed E-state index contributed by atoms with van der Waals surface area (Å²) in [6.45, 7) is 11.5. The number of tetrazole rings is 1. The Bertz CT molecular complexity index is 499. The Labute approximate surface area is 145 Å². The van der Waals surface area contributed by atoms with Crippen molar-refractivity contribution >= 4 is 0 Å². The summed E-state index contributed by atoms with van der Waals surface area (Å²) in [4.78, 5) is 5.08. The molecule has 0 aromatic carbocycles. The van der Waals surface area contributed by atoms with E-state index in [0.29, 0.717) is 12.1 Å². The van der Waals surface area contributed by atoms with Gasteiger partial charge in [0.2, 0.25) is 0 Å². The van der Waals surface area contributed by atoms with E-state index in [-0.39, 0.29) is 0 Å². The molecule has 1 saturated heterocycles. The Kier molecular flexibility index (Phi) is 6.37. The van der Waals surface area contributed by atoms with Gasteiger partial charge in [-0.15, -0.1) is 11.7 Å². The molecule has 24 heavy (non-hydrogen) atoms. The lowest BCUT2D eigenvalue weighted by Gasteiger charge is -2.38. The number of rotatable bonds is 8. The van der Waals surface area contributed by atoms with Gasteiger partial charge in [-0.25, -0.2) is 4.68 Å². The van der Waals surface area contributed by atoms with Gasteiger partial charge in [0.15, 0.2) is 5.82 Å². The van der Waals surface area contributed by atoms with Crippen LogP contribution in [0, 0.1) is 0 Å². The third-order valence-corrected chi connectivity index (χ3v) is 5.55. The summed E-state index contributed by atoms with van der Waals surface area (Å²) in [5, 5.41) is 12.9. The van der Waals surface area contributed by atoms with E-state index in [2.05, 4.69) is 43.5 Å². The van der Waals surface area contributed by atoms with Crippen LogP contribution in [-0.2, 0) is 0 Å². The van der Waals surface area contributed by atoms with Gasteiger partial charge in [0.05, 0.1) is 12.1 Å². The van der Waals surface area contributed by atoms with Crippen molar-refractivity contribution in [2.75, 3.05) is 32.7 Å². The lowest BCUT2D eigenvalue weighted by Crippen LogP contribution is -2.48. The molecule has 3 rings (SSSR count). The first-order chi connectivity index (χ1) is 11.8. The summed E-state index contributed by atoms with van der Waals surface area (Å²) < 4.78 is 2.16. The highest BCUT2D eigenvalue weighted by Gasteiger charge is 2.31. The Morgan fingerprint density at radius 3 is 2.62 bits per heavy atom. The van der Waals surface area contributed by atoms with Crippen molar-refractivity contribution in [3.8, 4) is 0 Å².